The first kappa shape index (κ1) is 18.6. The monoisotopic (exact) mass is 270 g/mol. The van der Waals surface area contributed by atoms with E-state index >= 15 is 0 Å². The molecule has 0 heterocycles. The van der Waals surface area contributed by atoms with E-state index in [-0.39, 0.29) is 17.3 Å². The summed E-state index contributed by atoms with van der Waals surface area (Å²) in [5.74, 6) is 0.265. The Morgan fingerprint density at radius 1 is 0.947 bits per heavy atom. The van der Waals surface area contributed by atoms with E-state index in [9.17, 15) is 4.79 Å². The quantitative estimate of drug-likeness (QED) is 0.485. The van der Waals surface area contributed by atoms with Gasteiger partial charge in [-0.05, 0) is 11.8 Å². The van der Waals surface area contributed by atoms with Gasteiger partial charge >= 0.3 is 0 Å². The number of ether oxygens (including phenoxy) is 1. The van der Waals surface area contributed by atoms with Gasteiger partial charge in [-0.2, -0.15) is 0 Å². The summed E-state index contributed by atoms with van der Waals surface area (Å²) >= 11 is 0. The number of hydrogen-bond donors (Lipinski definition) is 0. The molecule has 0 N–H and O–H groups in total. The van der Waals surface area contributed by atoms with Crippen molar-refractivity contribution in [3.05, 3.63) is 0 Å². The van der Waals surface area contributed by atoms with E-state index in [4.69, 9.17) is 4.74 Å². The van der Waals surface area contributed by atoms with Crippen LogP contribution in [0.15, 0.2) is 0 Å². The standard InChI is InChI=1S/C17H34O2/c1-6-7-8-9-10-11-12-13-14-15(18)16(19-5)17(2,3)4/h16H,6-14H2,1-5H3. The normalized spacial score (nSPS) is 13.5. The minimum atomic E-state index is -0.253. The van der Waals surface area contributed by atoms with Crippen molar-refractivity contribution in [3.63, 3.8) is 0 Å². The van der Waals surface area contributed by atoms with Crippen LogP contribution in [0.4, 0.5) is 0 Å². The van der Waals surface area contributed by atoms with Crippen LogP contribution in [0.5, 0.6) is 0 Å². The lowest BCUT2D eigenvalue weighted by Crippen LogP contribution is -2.36. The lowest BCUT2D eigenvalue weighted by molar-refractivity contribution is -0.135. The molecule has 0 fully saturated rings. The number of carbonyl (C=O) groups is 1. The SMILES string of the molecule is CCCCCCCCCCC(=O)C(OC)C(C)(C)C. The second kappa shape index (κ2) is 10.4. The molecule has 1 unspecified atom stereocenters. The Kier molecular flexibility index (Phi) is 10.2. The molecule has 2 heteroatoms. The molecule has 0 aromatic carbocycles. The molecule has 0 aliphatic carbocycles. The number of carbonyl (C=O) groups excluding carboxylic acids is 1. The summed E-state index contributed by atoms with van der Waals surface area (Å²) < 4.78 is 5.35. The maximum absolute atomic E-state index is 12.1. The Morgan fingerprint density at radius 2 is 1.42 bits per heavy atom. The van der Waals surface area contributed by atoms with E-state index in [1.165, 1.54) is 44.9 Å². The maximum Gasteiger partial charge on any atom is 0.162 e. The van der Waals surface area contributed by atoms with Gasteiger partial charge in [0, 0.05) is 13.5 Å². The van der Waals surface area contributed by atoms with Crippen molar-refractivity contribution < 1.29 is 9.53 Å². The fourth-order valence-electron chi connectivity index (χ4n) is 2.53. The van der Waals surface area contributed by atoms with Crippen molar-refractivity contribution >= 4 is 5.78 Å². The third-order valence-corrected chi connectivity index (χ3v) is 3.59. The molecule has 0 saturated carbocycles. The Balaban J connectivity index is 3.63. The van der Waals surface area contributed by atoms with Gasteiger partial charge in [0.1, 0.15) is 6.10 Å². The first-order chi connectivity index (χ1) is 8.93. The van der Waals surface area contributed by atoms with Gasteiger partial charge in [0.2, 0.25) is 0 Å². The highest BCUT2D eigenvalue weighted by molar-refractivity contribution is 5.83. The third kappa shape index (κ3) is 9.21. The van der Waals surface area contributed by atoms with Crippen LogP contribution in [0, 0.1) is 5.41 Å². The Bertz CT molecular complexity index is 228. The van der Waals surface area contributed by atoms with Gasteiger partial charge in [0.15, 0.2) is 5.78 Å². The zero-order chi connectivity index (χ0) is 14.7. The van der Waals surface area contributed by atoms with Crippen molar-refractivity contribution in [1.29, 1.82) is 0 Å². The Labute approximate surface area is 120 Å². The first-order valence-corrected chi connectivity index (χ1v) is 7.99. The topological polar surface area (TPSA) is 26.3 Å². The minimum absolute atomic E-state index is 0.0913. The van der Waals surface area contributed by atoms with Crippen molar-refractivity contribution in [3.8, 4) is 0 Å². The van der Waals surface area contributed by atoms with Gasteiger partial charge in [0.05, 0.1) is 0 Å². The van der Waals surface area contributed by atoms with Crippen LogP contribution in [-0.4, -0.2) is 19.0 Å². The molecule has 0 radical (unpaired) electrons. The van der Waals surface area contributed by atoms with Crippen LogP contribution < -0.4 is 0 Å². The summed E-state index contributed by atoms with van der Waals surface area (Å²) in [5.41, 5.74) is -0.0913. The first-order valence-electron chi connectivity index (χ1n) is 7.99. The number of unbranched alkanes of at least 4 members (excludes halogenated alkanes) is 7. The predicted molar refractivity (Wildman–Crippen MR) is 82.5 cm³/mol. The van der Waals surface area contributed by atoms with Crippen LogP contribution in [0.1, 0.15) is 85.5 Å². The molecule has 0 aromatic rings. The molecule has 0 aliphatic rings. The number of ketones is 1. The lowest BCUT2D eigenvalue weighted by atomic mass is 9.85. The average Bonchev–Trinajstić information content (AvgIpc) is 2.31. The van der Waals surface area contributed by atoms with Gasteiger partial charge < -0.3 is 4.74 Å². The Morgan fingerprint density at radius 3 is 1.84 bits per heavy atom. The van der Waals surface area contributed by atoms with Gasteiger partial charge in [-0.25, -0.2) is 0 Å². The molecule has 0 aromatic heterocycles. The Hall–Kier alpha value is -0.370. The van der Waals surface area contributed by atoms with Crippen molar-refractivity contribution in [2.24, 2.45) is 5.41 Å². The highest BCUT2D eigenvalue weighted by Gasteiger charge is 2.30. The molecule has 0 saturated heterocycles. The summed E-state index contributed by atoms with van der Waals surface area (Å²) in [7, 11) is 1.64. The van der Waals surface area contributed by atoms with E-state index in [2.05, 4.69) is 27.7 Å². The van der Waals surface area contributed by atoms with Crippen molar-refractivity contribution in [1.82, 2.24) is 0 Å². The fourth-order valence-corrected chi connectivity index (χ4v) is 2.53. The highest BCUT2D eigenvalue weighted by Crippen LogP contribution is 2.24. The molecule has 0 aliphatic heterocycles. The van der Waals surface area contributed by atoms with Gasteiger partial charge in [0.25, 0.3) is 0 Å². The summed E-state index contributed by atoms with van der Waals surface area (Å²) in [4.78, 5) is 12.1. The van der Waals surface area contributed by atoms with Crippen molar-refractivity contribution in [2.45, 2.75) is 91.6 Å². The van der Waals surface area contributed by atoms with E-state index < -0.39 is 0 Å². The number of rotatable bonds is 11. The summed E-state index contributed by atoms with van der Waals surface area (Å²) in [6.07, 6.45) is 10.6. The summed E-state index contributed by atoms with van der Waals surface area (Å²) in [6, 6.07) is 0. The zero-order valence-corrected chi connectivity index (χ0v) is 13.8. The molecular formula is C17H34O2. The maximum atomic E-state index is 12.1. The number of hydrogen-bond acceptors (Lipinski definition) is 2. The highest BCUT2D eigenvalue weighted by atomic mass is 16.5. The van der Waals surface area contributed by atoms with Crippen molar-refractivity contribution in [2.75, 3.05) is 7.11 Å². The van der Waals surface area contributed by atoms with Crippen LogP contribution in [0.2, 0.25) is 0 Å². The lowest BCUT2D eigenvalue weighted by Gasteiger charge is -2.28. The molecular weight excluding hydrogens is 236 g/mol. The van der Waals surface area contributed by atoms with Gasteiger partial charge in [-0.15, -0.1) is 0 Å². The molecule has 0 amide bonds. The van der Waals surface area contributed by atoms with Crippen LogP contribution >= 0.6 is 0 Å². The van der Waals surface area contributed by atoms with Gasteiger partial charge in [-0.3, -0.25) is 4.79 Å². The molecule has 2 nitrogen and oxygen atoms in total. The summed E-state index contributed by atoms with van der Waals surface area (Å²) in [5, 5.41) is 0. The molecule has 19 heavy (non-hydrogen) atoms. The second-order valence-electron chi connectivity index (χ2n) is 6.67. The molecule has 0 spiro atoms. The fraction of sp³-hybridized carbons (Fsp3) is 0.941. The second-order valence-corrected chi connectivity index (χ2v) is 6.67. The third-order valence-electron chi connectivity index (χ3n) is 3.59. The summed E-state index contributed by atoms with van der Waals surface area (Å²) in [6.45, 7) is 8.43. The zero-order valence-electron chi connectivity index (χ0n) is 13.8. The van der Waals surface area contributed by atoms with Gasteiger partial charge in [-0.1, -0.05) is 72.6 Å². The molecule has 0 bridgehead atoms. The van der Waals surface area contributed by atoms with E-state index in [1.807, 2.05) is 0 Å². The largest absolute Gasteiger partial charge is 0.373 e. The molecule has 0 rings (SSSR count). The average molecular weight is 270 g/mol. The van der Waals surface area contributed by atoms with E-state index in [0.29, 0.717) is 6.42 Å². The van der Waals surface area contributed by atoms with Crippen LogP contribution in [0.25, 0.3) is 0 Å². The predicted octanol–water partition coefficient (Wildman–Crippen LogP) is 5.15. The molecule has 114 valence electrons. The van der Waals surface area contributed by atoms with Crippen LogP contribution in [-0.2, 0) is 9.53 Å². The smallest absolute Gasteiger partial charge is 0.162 e. The van der Waals surface area contributed by atoms with E-state index in [1.54, 1.807) is 7.11 Å². The minimum Gasteiger partial charge on any atom is -0.373 e. The number of methoxy groups -OCH3 is 1. The van der Waals surface area contributed by atoms with Crippen LogP contribution in [0.3, 0.4) is 0 Å². The number of Topliss-reactive ketones (excluding diaryl/α,β-unsaturated/α-hetero) is 1. The van der Waals surface area contributed by atoms with E-state index in [0.717, 1.165) is 6.42 Å². The molecule has 1 atom stereocenters.